The Bertz CT molecular complexity index is 776. The summed E-state index contributed by atoms with van der Waals surface area (Å²) in [5, 5.41) is 8.19. The molecular weight excluding hydrogens is 321 g/mol. The number of hydrogen-bond donors (Lipinski definition) is 0. The molecule has 1 amide bonds. The van der Waals surface area contributed by atoms with Crippen molar-refractivity contribution in [3.8, 4) is 0 Å². The molecule has 0 atom stereocenters. The van der Waals surface area contributed by atoms with Gasteiger partial charge in [0.25, 0.3) is 5.91 Å². The molecule has 1 aliphatic heterocycles. The molecule has 1 aromatic heterocycles. The van der Waals surface area contributed by atoms with Crippen LogP contribution in [0.2, 0.25) is 0 Å². The van der Waals surface area contributed by atoms with Crippen LogP contribution in [0, 0.1) is 0 Å². The van der Waals surface area contributed by atoms with Gasteiger partial charge >= 0.3 is 6.18 Å². The first-order valence-corrected chi connectivity index (χ1v) is 7.80. The topological polar surface area (TPSA) is 51.0 Å². The van der Waals surface area contributed by atoms with Gasteiger partial charge in [-0.15, -0.1) is 5.10 Å². The summed E-state index contributed by atoms with van der Waals surface area (Å²) in [6.45, 7) is 0.691. The minimum Gasteiger partial charge on any atom is -0.334 e. The summed E-state index contributed by atoms with van der Waals surface area (Å²) in [6, 6.07) is 4.86. The van der Waals surface area contributed by atoms with Crippen LogP contribution in [0.4, 0.5) is 13.2 Å². The standard InChI is InChI=1S/C16H15F3N4O/c17-16(18,19)13-4-2-1-3-12(13)15(24)22-7-11(8-22)23-9-14(20-21-23)10-5-6-10/h1-4,9-11H,5-8H2. The third-order valence-corrected chi connectivity index (χ3v) is 4.51. The number of likely N-dealkylation sites (tertiary alicyclic amines) is 1. The summed E-state index contributed by atoms with van der Waals surface area (Å²) < 4.78 is 40.8. The maximum Gasteiger partial charge on any atom is 0.417 e. The Hall–Kier alpha value is -2.38. The molecule has 4 rings (SSSR count). The molecule has 0 spiro atoms. The summed E-state index contributed by atoms with van der Waals surface area (Å²) in [5.41, 5.74) is -0.238. The van der Waals surface area contributed by atoms with E-state index in [2.05, 4.69) is 10.3 Å². The van der Waals surface area contributed by atoms with Crippen molar-refractivity contribution in [2.45, 2.75) is 31.0 Å². The Kier molecular flexibility index (Phi) is 3.36. The summed E-state index contributed by atoms with van der Waals surface area (Å²) in [7, 11) is 0. The molecule has 1 saturated heterocycles. The number of aromatic nitrogens is 3. The largest absolute Gasteiger partial charge is 0.417 e. The van der Waals surface area contributed by atoms with Crippen molar-refractivity contribution in [3.63, 3.8) is 0 Å². The van der Waals surface area contributed by atoms with Gasteiger partial charge in [0.1, 0.15) is 0 Å². The molecule has 0 radical (unpaired) electrons. The first-order chi connectivity index (χ1) is 11.4. The van der Waals surface area contributed by atoms with Crippen LogP contribution in [0.25, 0.3) is 0 Å². The molecule has 0 unspecified atom stereocenters. The molecule has 2 aliphatic rings. The van der Waals surface area contributed by atoms with Gasteiger partial charge in [0.15, 0.2) is 0 Å². The zero-order valence-electron chi connectivity index (χ0n) is 12.7. The minimum atomic E-state index is -4.54. The third kappa shape index (κ3) is 2.65. The van der Waals surface area contributed by atoms with Gasteiger partial charge < -0.3 is 4.90 Å². The number of halogens is 3. The highest BCUT2D eigenvalue weighted by molar-refractivity contribution is 5.96. The molecular formula is C16H15F3N4O. The number of alkyl halides is 3. The highest BCUT2D eigenvalue weighted by atomic mass is 19.4. The molecule has 2 aromatic rings. The molecule has 1 aliphatic carbocycles. The monoisotopic (exact) mass is 336 g/mol. The maximum absolute atomic E-state index is 13.0. The van der Waals surface area contributed by atoms with E-state index in [1.165, 1.54) is 23.1 Å². The van der Waals surface area contributed by atoms with E-state index in [9.17, 15) is 18.0 Å². The molecule has 0 bridgehead atoms. The van der Waals surface area contributed by atoms with Crippen LogP contribution in [-0.2, 0) is 6.18 Å². The molecule has 5 nitrogen and oxygen atoms in total. The lowest BCUT2D eigenvalue weighted by molar-refractivity contribution is -0.138. The fraction of sp³-hybridized carbons (Fsp3) is 0.438. The smallest absolute Gasteiger partial charge is 0.334 e. The Balaban J connectivity index is 1.46. The van der Waals surface area contributed by atoms with Crippen molar-refractivity contribution in [2.75, 3.05) is 13.1 Å². The van der Waals surface area contributed by atoms with Crippen molar-refractivity contribution >= 4 is 5.91 Å². The second-order valence-electron chi connectivity index (χ2n) is 6.30. The fourth-order valence-electron chi connectivity index (χ4n) is 2.91. The Labute approximate surface area is 136 Å². The molecule has 126 valence electrons. The van der Waals surface area contributed by atoms with Gasteiger partial charge in [-0.05, 0) is 25.0 Å². The predicted molar refractivity (Wildman–Crippen MR) is 78.4 cm³/mol. The van der Waals surface area contributed by atoms with Gasteiger partial charge in [-0.3, -0.25) is 4.79 Å². The van der Waals surface area contributed by atoms with Crippen LogP contribution in [0.1, 0.15) is 46.4 Å². The van der Waals surface area contributed by atoms with E-state index in [1.54, 1.807) is 4.68 Å². The van der Waals surface area contributed by atoms with E-state index in [-0.39, 0.29) is 11.6 Å². The quantitative estimate of drug-likeness (QED) is 0.866. The molecule has 1 saturated carbocycles. The Morgan fingerprint density at radius 3 is 2.54 bits per heavy atom. The highest BCUT2D eigenvalue weighted by Gasteiger charge is 2.39. The van der Waals surface area contributed by atoms with Crippen LogP contribution in [0.5, 0.6) is 0 Å². The van der Waals surface area contributed by atoms with Crippen LogP contribution < -0.4 is 0 Å². The van der Waals surface area contributed by atoms with Crippen LogP contribution >= 0.6 is 0 Å². The van der Waals surface area contributed by atoms with Crippen molar-refractivity contribution in [1.82, 2.24) is 19.9 Å². The Morgan fingerprint density at radius 1 is 1.17 bits per heavy atom. The second kappa shape index (κ2) is 5.32. The van der Waals surface area contributed by atoms with Crippen molar-refractivity contribution in [3.05, 3.63) is 47.3 Å². The van der Waals surface area contributed by atoms with Crippen LogP contribution in [0.15, 0.2) is 30.5 Å². The summed E-state index contributed by atoms with van der Waals surface area (Å²) in [5.74, 6) is -0.100. The molecule has 8 heteroatoms. The normalized spacial score (nSPS) is 18.5. The SMILES string of the molecule is O=C(c1ccccc1C(F)(F)F)N1CC(n2cc(C3CC3)nn2)C1. The third-order valence-electron chi connectivity index (χ3n) is 4.51. The van der Waals surface area contributed by atoms with Gasteiger partial charge in [0.05, 0.1) is 22.9 Å². The Morgan fingerprint density at radius 2 is 1.88 bits per heavy atom. The number of carbonyl (C=O) groups is 1. The van der Waals surface area contributed by atoms with E-state index in [1.807, 2.05) is 6.20 Å². The van der Waals surface area contributed by atoms with Crippen LogP contribution in [0.3, 0.4) is 0 Å². The van der Waals surface area contributed by atoms with Crippen LogP contribution in [-0.4, -0.2) is 38.9 Å². The van der Waals surface area contributed by atoms with E-state index in [0.29, 0.717) is 19.0 Å². The van der Waals surface area contributed by atoms with E-state index in [0.717, 1.165) is 24.6 Å². The minimum absolute atomic E-state index is 0.0213. The maximum atomic E-state index is 13.0. The molecule has 2 fully saturated rings. The summed E-state index contributed by atoms with van der Waals surface area (Å²) in [6.07, 6.45) is -0.403. The first-order valence-electron chi connectivity index (χ1n) is 7.80. The summed E-state index contributed by atoms with van der Waals surface area (Å²) >= 11 is 0. The van der Waals surface area contributed by atoms with Gasteiger partial charge in [-0.2, -0.15) is 13.2 Å². The number of carbonyl (C=O) groups excluding carboxylic acids is 1. The second-order valence-corrected chi connectivity index (χ2v) is 6.30. The van der Waals surface area contributed by atoms with Crippen molar-refractivity contribution in [2.24, 2.45) is 0 Å². The number of nitrogens with zero attached hydrogens (tertiary/aromatic N) is 4. The number of rotatable bonds is 3. The van der Waals surface area contributed by atoms with Gasteiger partial charge in [-0.25, -0.2) is 4.68 Å². The number of benzene rings is 1. The highest BCUT2D eigenvalue weighted by Crippen LogP contribution is 2.39. The zero-order valence-corrected chi connectivity index (χ0v) is 12.7. The molecule has 2 heterocycles. The lowest BCUT2D eigenvalue weighted by Crippen LogP contribution is -2.51. The lowest BCUT2D eigenvalue weighted by Gasteiger charge is -2.39. The average Bonchev–Trinajstić information content (AvgIpc) is 3.24. The fourth-order valence-corrected chi connectivity index (χ4v) is 2.91. The van der Waals surface area contributed by atoms with E-state index < -0.39 is 17.6 Å². The molecule has 0 N–H and O–H groups in total. The van der Waals surface area contributed by atoms with Gasteiger partial charge in [0, 0.05) is 25.2 Å². The molecule has 24 heavy (non-hydrogen) atoms. The first kappa shape index (κ1) is 15.2. The van der Waals surface area contributed by atoms with E-state index >= 15 is 0 Å². The summed E-state index contributed by atoms with van der Waals surface area (Å²) in [4.78, 5) is 13.8. The number of hydrogen-bond acceptors (Lipinski definition) is 3. The number of amides is 1. The zero-order chi connectivity index (χ0) is 16.9. The van der Waals surface area contributed by atoms with E-state index in [4.69, 9.17) is 0 Å². The van der Waals surface area contributed by atoms with Crippen molar-refractivity contribution in [1.29, 1.82) is 0 Å². The van der Waals surface area contributed by atoms with Gasteiger partial charge in [0.2, 0.25) is 0 Å². The lowest BCUT2D eigenvalue weighted by atomic mass is 10.0. The van der Waals surface area contributed by atoms with Gasteiger partial charge in [-0.1, -0.05) is 17.3 Å². The van der Waals surface area contributed by atoms with Crippen molar-refractivity contribution < 1.29 is 18.0 Å². The predicted octanol–water partition coefficient (Wildman–Crippen LogP) is 2.87. The molecule has 1 aromatic carbocycles. The average molecular weight is 336 g/mol.